The van der Waals surface area contributed by atoms with Crippen LogP contribution in [0.1, 0.15) is 26.3 Å². The number of amides is 1. The van der Waals surface area contributed by atoms with E-state index >= 15 is 0 Å². The molecule has 1 amide bonds. The first-order valence-corrected chi connectivity index (χ1v) is 10.2. The molecule has 1 aliphatic heterocycles. The SMILES string of the molecule is COc1cccc(S(=O)(=O)Nc2ccc3c(c2)N(C(=O)C(C)(C)C)CC3)c1. The Hall–Kier alpha value is -2.54. The van der Waals surface area contributed by atoms with Gasteiger partial charge in [-0.2, -0.15) is 0 Å². The number of hydrogen-bond donors (Lipinski definition) is 1. The van der Waals surface area contributed by atoms with E-state index < -0.39 is 15.4 Å². The second kappa shape index (κ2) is 6.88. The highest BCUT2D eigenvalue weighted by Crippen LogP contribution is 2.34. The van der Waals surface area contributed by atoms with E-state index in [9.17, 15) is 13.2 Å². The molecule has 27 heavy (non-hydrogen) atoms. The molecule has 0 spiro atoms. The minimum atomic E-state index is -3.76. The lowest BCUT2D eigenvalue weighted by Crippen LogP contribution is -2.38. The Balaban J connectivity index is 1.90. The average Bonchev–Trinajstić information content (AvgIpc) is 3.03. The first-order chi connectivity index (χ1) is 12.6. The van der Waals surface area contributed by atoms with Gasteiger partial charge >= 0.3 is 0 Å². The van der Waals surface area contributed by atoms with E-state index in [-0.39, 0.29) is 10.8 Å². The first-order valence-electron chi connectivity index (χ1n) is 8.73. The number of carbonyl (C=O) groups excluding carboxylic acids is 1. The Labute approximate surface area is 160 Å². The van der Waals surface area contributed by atoms with Gasteiger partial charge in [-0.15, -0.1) is 0 Å². The molecule has 7 heteroatoms. The number of nitrogens with one attached hydrogen (secondary N) is 1. The molecule has 0 aliphatic carbocycles. The molecule has 3 rings (SSSR count). The van der Waals surface area contributed by atoms with Crippen LogP contribution in [0.4, 0.5) is 11.4 Å². The Morgan fingerprint density at radius 3 is 2.56 bits per heavy atom. The first kappa shape index (κ1) is 19.2. The second-order valence-electron chi connectivity index (χ2n) is 7.58. The summed E-state index contributed by atoms with van der Waals surface area (Å²) in [5, 5.41) is 0. The normalized spacial score (nSPS) is 14.0. The number of anilines is 2. The Morgan fingerprint density at radius 2 is 1.89 bits per heavy atom. The van der Waals surface area contributed by atoms with Gasteiger partial charge in [-0.3, -0.25) is 9.52 Å². The number of fused-ring (bicyclic) bond motifs is 1. The fraction of sp³-hybridized carbons (Fsp3) is 0.350. The molecule has 0 radical (unpaired) electrons. The average molecular weight is 388 g/mol. The van der Waals surface area contributed by atoms with E-state index in [0.29, 0.717) is 18.0 Å². The quantitative estimate of drug-likeness (QED) is 0.871. The molecule has 2 aromatic rings. The Morgan fingerprint density at radius 1 is 1.15 bits per heavy atom. The smallest absolute Gasteiger partial charge is 0.262 e. The van der Waals surface area contributed by atoms with Crippen molar-refractivity contribution < 1.29 is 17.9 Å². The van der Waals surface area contributed by atoms with Gasteiger partial charge in [0.05, 0.1) is 17.7 Å². The van der Waals surface area contributed by atoms with Gasteiger partial charge in [-0.1, -0.05) is 32.9 Å². The summed E-state index contributed by atoms with van der Waals surface area (Å²) in [5.41, 5.74) is 1.72. The lowest BCUT2D eigenvalue weighted by molar-refractivity contribution is -0.125. The van der Waals surface area contributed by atoms with Crippen molar-refractivity contribution in [3.8, 4) is 5.75 Å². The van der Waals surface area contributed by atoms with Gasteiger partial charge in [0.2, 0.25) is 5.91 Å². The molecule has 0 atom stereocenters. The van der Waals surface area contributed by atoms with Crippen molar-refractivity contribution in [1.82, 2.24) is 0 Å². The molecule has 0 saturated heterocycles. The lowest BCUT2D eigenvalue weighted by Gasteiger charge is -2.26. The maximum absolute atomic E-state index is 12.7. The van der Waals surface area contributed by atoms with Gasteiger partial charge in [0, 0.05) is 23.7 Å². The van der Waals surface area contributed by atoms with Crippen LogP contribution < -0.4 is 14.4 Å². The van der Waals surface area contributed by atoms with Gasteiger partial charge in [0.25, 0.3) is 10.0 Å². The van der Waals surface area contributed by atoms with Crippen LogP contribution in [-0.2, 0) is 21.2 Å². The highest BCUT2D eigenvalue weighted by molar-refractivity contribution is 7.92. The molecule has 0 fully saturated rings. The Kier molecular flexibility index (Phi) is 4.90. The van der Waals surface area contributed by atoms with Gasteiger partial charge in [-0.05, 0) is 36.2 Å². The van der Waals surface area contributed by atoms with Crippen LogP contribution in [0, 0.1) is 5.41 Å². The van der Waals surface area contributed by atoms with E-state index in [1.54, 1.807) is 29.2 Å². The number of rotatable bonds is 4. The molecular weight excluding hydrogens is 364 g/mol. The zero-order chi connectivity index (χ0) is 19.8. The van der Waals surface area contributed by atoms with Crippen LogP contribution in [0.2, 0.25) is 0 Å². The van der Waals surface area contributed by atoms with E-state index in [4.69, 9.17) is 4.74 Å². The number of benzene rings is 2. The fourth-order valence-electron chi connectivity index (χ4n) is 3.04. The van der Waals surface area contributed by atoms with E-state index in [2.05, 4.69) is 4.72 Å². The van der Waals surface area contributed by atoms with Crippen molar-refractivity contribution in [1.29, 1.82) is 0 Å². The number of hydrogen-bond acceptors (Lipinski definition) is 4. The highest BCUT2D eigenvalue weighted by Gasteiger charge is 2.32. The molecule has 0 unspecified atom stereocenters. The summed E-state index contributed by atoms with van der Waals surface area (Å²) in [6.45, 7) is 6.24. The van der Waals surface area contributed by atoms with Crippen molar-refractivity contribution in [2.45, 2.75) is 32.1 Å². The summed E-state index contributed by atoms with van der Waals surface area (Å²) in [4.78, 5) is 14.5. The maximum atomic E-state index is 12.7. The van der Waals surface area contributed by atoms with Gasteiger partial charge in [0.1, 0.15) is 5.75 Å². The third-order valence-corrected chi connectivity index (χ3v) is 5.85. The third-order valence-electron chi connectivity index (χ3n) is 4.47. The Bertz CT molecular complexity index is 978. The molecular formula is C20H24N2O4S. The summed E-state index contributed by atoms with van der Waals surface area (Å²) >= 11 is 0. The number of nitrogens with zero attached hydrogens (tertiary/aromatic N) is 1. The molecule has 6 nitrogen and oxygen atoms in total. The van der Waals surface area contributed by atoms with Gasteiger partial charge in [-0.25, -0.2) is 8.42 Å². The van der Waals surface area contributed by atoms with E-state index in [1.165, 1.54) is 19.2 Å². The van der Waals surface area contributed by atoms with Crippen molar-refractivity contribution in [3.63, 3.8) is 0 Å². The van der Waals surface area contributed by atoms with Gasteiger partial charge < -0.3 is 9.64 Å². The van der Waals surface area contributed by atoms with E-state index in [1.807, 2.05) is 26.8 Å². The molecule has 144 valence electrons. The van der Waals surface area contributed by atoms with Crippen LogP contribution in [0.25, 0.3) is 0 Å². The predicted molar refractivity (Wildman–Crippen MR) is 106 cm³/mol. The highest BCUT2D eigenvalue weighted by atomic mass is 32.2. The van der Waals surface area contributed by atoms with Crippen LogP contribution in [0.15, 0.2) is 47.4 Å². The summed E-state index contributed by atoms with van der Waals surface area (Å²) in [6.07, 6.45) is 0.764. The summed E-state index contributed by atoms with van der Waals surface area (Å²) in [6, 6.07) is 11.6. The molecule has 2 aromatic carbocycles. The van der Waals surface area contributed by atoms with E-state index in [0.717, 1.165) is 17.7 Å². The minimum Gasteiger partial charge on any atom is -0.497 e. The molecule has 0 saturated carbocycles. The molecule has 0 aromatic heterocycles. The molecule has 1 N–H and O–H groups in total. The molecule has 1 aliphatic rings. The summed E-state index contributed by atoms with van der Waals surface area (Å²) < 4.78 is 33.1. The van der Waals surface area contributed by atoms with Crippen molar-refractivity contribution in [2.24, 2.45) is 5.41 Å². The van der Waals surface area contributed by atoms with Crippen molar-refractivity contribution in [2.75, 3.05) is 23.3 Å². The summed E-state index contributed by atoms with van der Waals surface area (Å²) in [7, 11) is -2.28. The largest absolute Gasteiger partial charge is 0.497 e. The van der Waals surface area contributed by atoms with Gasteiger partial charge in [0.15, 0.2) is 0 Å². The zero-order valence-corrected chi connectivity index (χ0v) is 16.8. The van der Waals surface area contributed by atoms with Crippen LogP contribution in [0.5, 0.6) is 5.75 Å². The predicted octanol–water partition coefficient (Wildman–Crippen LogP) is 3.43. The number of ether oxygens (including phenoxy) is 1. The lowest BCUT2D eigenvalue weighted by atomic mass is 9.94. The second-order valence-corrected chi connectivity index (χ2v) is 9.27. The minimum absolute atomic E-state index is 0.0223. The monoisotopic (exact) mass is 388 g/mol. The number of carbonyl (C=O) groups is 1. The van der Waals surface area contributed by atoms with Crippen LogP contribution in [-0.4, -0.2) is 28.0 Å². The third kappa shape index (κ3) is 3.93. The van der Waals surface area contributed by atoms with Crippen molar-refractivity contribution in [3.05, 3.63) is 48.0 Å². The number of methoxy groups -OCH3 is 1. The van der Waals surface area contributed by atoms with Crippen LogP contribution >= 0.6 is 0 Å². The standard InChI is InChI=1S/C20H24N2O4S/c1-20(2,3)19(23)22-11-10-14-8-9-15(12-18(14)22)21-27(24,25)17-7-5-6-16(13-17)26-4/h5-9,12-13,21H,10-11H2,1-4H3. The summed E-state index contributed by atoms with van der Waals surface area (Å²) in [5.74, 6) is 0.489. The van der Waals surface area contributed by atoms with Crippen molar-refractivity contribution >= 4 is 27.3 Å². The fourth-order valence-corrected chi connectivity index (χ4v) is 4.13. The zero-order valence-electron chi connectivity index (χ0n) is 15.9. The van der Waals surface area contributed by atoms with Crippen LogP contribution in [0.3, 0.4) is 0 Å². The maximum Gasteiger partial charge on any atom is 0.262 e. The topological polar surface area (TPSA) is 75.7 Å². The number of sulfonamides is 1. The molecule has 1 heterocycles. The molecule has 0 bridgehead atoms.